The second-order valence-corrected chi connectivity index (χ2v) is 17.3. The van der Waals surface area contributed by atoms with E-state index in [0.29, 0.717) is 0 Å². The Balaban J connectivity index is 0.840. The van der Waals surface area contributed by atoms with Crippen LogP contribution in [0.5, 0.6) is 0 Å². The summed E-state index contributed by atoms with van der Waals surface area (Å²) in [7, 11) is 0. The Labute approximate surface area is 388 Å². The van der Waals surface area contributed by atoms with Gasteiger partial charge in [-0.05, 0) is 110 Å². The average Bonchev–Trinajstić information content (AvgIpc) is 3.96. The third-order valence-electron chi connectivity index (χ3n) is 13.4. The molecule has 13 rings (SSSR count). The number of hydrogen-bond donors (Lipinski definition) is 0. The van der Waals surface area contributed by atoms with E-state index in [9.17, 15) is 0 Å². The molecule has 0 aliphatic rings. The van der Waals surface area contributed by atoms with Gasteiger partial charge in [0.15, 0.2) is 5.58 Å². The van der Waals surface area contributed by atoms with Gasteiger partial charge in [-0.3, -0.25) is 0 Å². The number of furan rings is 1. The second kappa shape index (κ2) is 16.0. The quantitative estimate of drug-likeness (QED) is 0.152. The fraction of sp³-hybridized carbons (Fsp3) is 0. The highest BCUT2D eigenvalue weighted by Gasteiger charge is 2.24. The molecule has 3 nitrogen and oxygen atoms in total. The first-order valence-corrected chi connectivity index (χ1v) is 22.9. The summed E-state index contributed by atoms with van der Waals surface area (Å²) in [5, 5.41) is 7.10. The Morgan fingerprint density at radius 3 is 1.57 bits per heavy atom. The molecule has 2 heterocycles. The van der Waals surface area contributed by atoms with E-state index in [2.05, 4.69) is 258 Å². The van der Waals surface area contributed by atoms with Gasteiger partial charge in [-0.25, -0.2) is 0 Å². The van der Waals surface area contributed by atoms with E-state index in [-0.39, 0.29) is 0 Å². The van der Waals surface area contributed by atoms with Gasteiger partial charge >= 0.3 is 0 Å². The summed E-state index contributed by atoms with van der Waals surface area (Å²) in [5.74, 6) is 0. The van der Waals surface area contributed by atoms with E-state index >= 15 is 0 Å². The lowest BCUT2D eigenvalue weighted by Crippen LogP contribution is -2.11. The van der Waals surface area contributed by atoms with Gasteiger partial charge < -0.3 is 13.9 Å². The van der Waals surface area contributed by atoms with Gasteiger partial charge in [-0.2, -0.15) is 0 Å². The first-order valence-electron chi connectivity index (χ1n) is 22.9. The summed E-state index contributed by atoms with van der Waals surface area (Å²) in [6, 6.07) is 91.7. The van der Waals surface area contributed by atoms with Crippen molar-refractivity contribution >= 4 is 71.6 Å². The predicted molar refractivity (Wildman–Crippen MR) is 282 cm³/mol. The van der Waals surface area contributed by atoms with Crippen LogP contribution in [-0.2, 0) is 0 Å². The summed E-state index contributed by atoms with van der Waals surface area (Å²) < 4.78 is 9.20. The zero-order valence-corrected chi connectivity index (χ0v) is 36.6. The molecule has 3 heteroatoms. The Bertz CT molecular complexity index is 3940. The van der Waals surface area contributed by atoms with Crippen LogP contribution in [0.3, 0.4) is 0 Å². The van der Waals surface area contributed by atoms with Crippen LogP contribution in [0.15, 0.2) is 259 Å². The summed E-state index contributed by atoms with van der Waals surface area (Å²) in [4.78, 5) is 2.37. The standard InChI is InChI=1S/C64H42N2O/c1-3-15-48(16-4-1)53-20-9-12-24-58(53)66(61-42-50-17-7-8-21-54(50)63-56-23-11-14-26-62(56)67-64(61)63)52-38-35-46(36-39-52)45-29-27-43(28-30-45)44-31-33-47(34-32-44)49-37-40-60-57(41-49)55-22-10-13-25-59(55)65(60)51-18-5-2-6-19-51/h1-42H. The van der Waals surface area contributed by atoms with E-state index in [1.54, 1.807) is 0 Å². The monoisotopic (exact) mass is 854 g/mol. The Kier molecular flexibility index (Phi) is 9.17. The van der Waals surface area contributed by atoms with E-state index in [1.165, 1.54) is 55.1 Å². The van der Waals surface area contributed by atoms with Gasteiger partial charge in [0.25, 0.3) is 0 Å². The van der Waals surface area contributed by atoms with Crippen molar-refractivity contribution in [1.29, 1.82) is 0 Å². The van der Waals surface area contributed by atoms with E-state index in [4.69, 9.17) is 4.42 Å². The summed E-state index contributed by atoms with van der Waals surface area (Å²) in [6.07, 6.45) is 0. The molecule has 0 aliphatic heterocycles. The molecule has 0 aliphatic carbocycles. The zero-order valence-electron chi connectivity index (χ0n) is 36.6. The van der Waals surface area contributed by atoms with Crippen LogP contribution in [0.1, 0.15) is 0 Å². The fourth-order valence-electron chi connectivity index (χ4n) is 10.2. The fourth-order valence-corrected chi connectivity index (χ4v) is 10.2. The van der Waals surface area contributed by atoms with Crippen LogP contribution in [0.4, 0.5) is 17.1 Å². The van der Waals surface area contributed by atoms with Crippen molar-refractivity contribution in [3.63, 3.8) is 0 Å². The highest BCUT2D eigenvalue weighted by Crippen LogP contribution is 2.48. The van der Waals surface area contributed by atoms with Crippen LogP contribution in [0, 0.1) is 0 Å². The largest absolute Gasteiger partial charge is 0.454 e. The first kappa shape index (κ1) is 38.5. The van der Waals surface area contributed by atoms with Gasteiger partial charge in [0.1, 0.15) is 5.58 Å². The van der Waals surface area contributed by atoms with Gasteiger partial charge in [-0.1, -0.05) is 194 Å². The molecule has 0 unspecified atom stereocenters. The number of aromatic nitrogens is 1. The van der Waals surface area contributed by atoms with Crippen molar-refractivity contribution in [2.24, 2.45) is 0 Å². The number of anilines is 3. The van der Waals surface area contributed by atoms with Crippen molar-refractivity contribution in [2.75, 3.05) is 4.90 Å². The minimum absolute atomic E-state index is 0.865. The molecule has 13 aromatic rings. The van der Waals surface area contributed by atoms with Gasteiger partial charge in [0.05, 0.1) is 22.4 Å². The SMILES string of the molecule is c1ccc(-c2ccccc2N(c2ccc(-c3ccc(-c4ccc(-c5ccc6c(c5)c5ccccc5n6-c5ccccc5)cc4)cc3)cc2)c2cc3ccccc3c3c2oc2ccccc23)cc1. The molecular weight excluding hydrogens is 813 g/mol. The lowest BCUT2D eigenvalue weighted by molar-refractivity contribution is 0.669. The molecule has 0 radical (unpaired) electrons. The number of nitrogens with zero attached hydrogens (tertiary/aromatic N) is 2. The zero-order chi connectivity index (χ0) is 44.3. The van der Waals surface area contributed by atoms with Gasteiger partial charge in [-0.15, -0.1) is 0 Å². The van der Waals surface area contributed by atoms with Crippen LogP contribution in [0.2, 0.25) is 0 Å². The lowest BCUT2D eigenvalue weighted by Gasteiger charge is -2.28. The molecule has 0 atom stereocenters. The van der Waals surface area contributed by atoms with Crippen LogP contribution in [0.25, 0.3) is 105 Å². The highest BCUT2D eigenvalue weighted by molar-refractivity contribution is 6.23. The number of rotatable bonds is 8. The van der Waals surface area contributed by atoms with Crippen molar-refractivity contribution in [1.82, 2.24) is 4.57 Å². The summed E-state index contributed by atoms with van der Waals surface area (Å²) >= 11 is 0. The molecule has 0 amide bonds. The molecule has 0 saturated heterocycles. The van der Waals surface area contributed by atoms with Crippen molar-refractivity contribution in [2.45, 2.75) is 0 Å². The third-order valence-corrected chi connectivity index (χ3v) is 13.4. The molecule has 0 bridgehead atoms. The predicted octanol–water partition coefficient (Wildman–Crippen LogP) is 18.0. The maximum atomic E-state index is 6.83. The van der Waals surface area contributed by atoms with Gasteiger partial charge in [0.2, 0.25) is 0 Å². The molecule has 11 aromatic carbocycles. The number of benzene rings is 11. The Morgan fingerprint density at radius 2 is 0.851 bits per heavy atom. The Hall–Kier alpha value is -8.92. The van der Waals surface area contributed by atoms with E-state index in [1.807, 2.05) is 6.07 Å². The maximum absolute atomic E-state index is 6.83. The van der Waals surface area contributed by atoms with Crippen LogP contribution < -0.4 is 4.90 Å². The second-order valence-electron chi connectivity index (χ2n) is 17.3. The topological polar surface area (TPSA) is 21.3 Å². The minimum Gasteiger partial charge on any atom is -0.454 e. The molecule has 67 heavy (non-hydrogen) atoms. The van der Waals surface area contributed by atoms with E-state index in [0.717, 1.165) is 66.6 Å². The summed E-state index contributed by atoms with van der Waals surface area (Å²) in [5.41, 5.74) is 17.8. The molecular formula is C64H42N2O. The van der Waals surface area contributed by atoms with Crippen molar-refractivity contribution in [3.8, 4) is 50.2 Å². The van der Waals surface area contributed by atoms with Crippen molar-refractivity contribution in [3.05, 3.63) is 255 Å². The minimum atomic E-state index is 0.865. The van der Waals surface area contributed by atoms with E-state index < -0.39 is 0 Å². The molecule has 0 spiro atoms. The molecule has 0 saturated carbocycles. The first-order chi connectivity index (χ1) is 33.2. The maximum Gasteiger partial charge on any atom is 0.160 e. The normalized spacial score (nSPS) is 11.6. The molecule has 0 N–H and O–H groups in total. The summed E-state index contributed by atoms with van der Waals surface area (Å²) in [6.45, 7) is 0. The number of hydrogen-bond acceptors (Lipinski definition) is 2. The molecule has 314 valence electrons. The van der Waals surface area contributed by atoms with Crippen LogP contribution in [-0.4, -0.2) is 4.57 Å². The average molecular weight is 855 g/mol. The van der Waals surface area contributed by atoms with Gasteiger partial charge in [0, 0.05) is 38.5 Å². The number of para-hydroxylation sites is 4. The Morgan fingerprint density at radius 1 is 0.328 bits per heavy atom. The smallest absolute Gasteiger partial charge is 0.160 e. The molecule has 2 aromatic heterocycles. The molecule has 0 fully saturated rings. The third kappa shape index (κ3) is 6.59. The highest BCUT2D eigenvalue weighted by atomic mass is 16.3. The number of fused-ring (bicyclic) bond motifs is 8. The van der Waals surface area contributed by atoms with Crippen LogP contribution >= 0.6 is 0 Å². The van der Waals surface area contributed by atoms with Crippen molar-refractivity contribution < 1.29 is 4.42 Å². The lowest BCUT2D eigenvalue weighted by atomic mass is 9.97.